The first kappa shape index (κ1) is 15.0. The maximum atomic E-state index is 5.49. The van der Waals surface area contributed by atoms with Crippen molar-refractivity contribution in [3.63, 3.8) is 0 Å². The molecule has 1 rings (SSSR count). The van der Waals surface area contributed by atoms with Crippen molar-refractivity contribution >= 4 is 0 Å². The van der Waals surface area contributed by atoms with Gasteiger partial charge in [0.15, 0.2) is 0 Å². The molecule has 0 aliphatic carbocycles. The topological polar surface area (TPSA) is 29.3 Å². The zero-order valence-corrected chi connectivity index (χ0v) is 12.0. The van der Waals surface area contributed by atoms with Crippen molar-refractivity contribution in [1.29, 1.82) is 0 Å². The van der Waals surface area contributed by atoms with Gasteiger partial charge in [-0.15, -0.1) is 0 Å². The van der Waals surface area contributed by atoms with Gasteiger partial charge in [0.1, 0.15) is 0 Å². The van der Waals surface area contributed by atoms with E-state index in [1.54, 1.807) is 0 Å². The molecule has 0 radical (unpaired) electrons. The Bertz CT molecular complexity index is 183. The van der Waals surface area contributed by atoms with E-state index >= 15 is 0 Å². The highest BCUT2D eigenvalue weighted by Gasteiger charge is 2.27. The predicted octanol–water partition coefficient (Wildman–Crippen LogP) is 3.41. The number of nitrogens with two attached hydrogens (primary N) is 1. The number of hydrogen-bond donors (Lipinski definition) is 1. The van der Waals surface area contributed by atoms with E-state index in [0.717, 1.165) is 6.54 Å². The Labute approximate surface area is 108 Å². The SMILES string of the molecule is CCC1(C)CCN(CCCCCCCN)CC1. The Morgan fingerprint density at radius 1 is 1.00 bits per heavy atom. The Hall–Kier alpha value is -0.0800. The van der Waals surface area contributed by atoms with E-state index in [0.29, 0.717) is 5.41 Å². The molecule has 1 saturated heterocycles. The summed E-state index contributed by atoms with van der Waals surface area (Å²) in [6.07, 6.45) is 10.8. The van der Waals surface area contributed by atoms with Crippen LogP contribution in [0, 0.1) is 5.41 Å². The molecule has 1 heterocycles. The zero-order valence-electron chi connectivity index (χ0n) is 12.0. The van der Waals surface area contributed by atoms with Gasteiger partial charge in [-0.25, -0.2) is 0 Å². The fourth-order valence-electron chi connectivity index (χ4n) is 2.68. The van der Waals surface area contributed by atoms with E-state index in [1.807, 2.05) is 0 Å². The maximum absolute atomic E-state index is 5.49. The maximum Gasteiger partial charge on any atom is -0.00135 e. The molecule has 2 nitrogen and oxygen atoms in total. The van der Waals surface area contributed by atoms with Gasteiger partial charge < -0.3 is 10.6 Å². The molecule has 0 atom stereocenters. The predicted molar refractivity (Wildman–Crippen MR) is 76.2 cm³/mol. The van der Waals surface area contributed by atoms with Crippen LogP contribution in [0.25, 0.3) is 0 Å². The molecule has 0 aromatic rings. The van der Waals surface area contributed by atoms with Crippen LogP contribution in [0.2, 0.25) is 0 Å². The quantitative estimate of drug-likeness (QED) is 0.659. The first-order chi connectivity index (χ1) is 8.20. The van der Waals surface area contributed by atoms with Crippen molar-refractivity contribution in [3.05, 3.63) is 0 Å². The van der Waals surface area contributed by atoms with Gasteiger partial charge in [0.05, 0.1) is 0 Å². The van der Waals surface area contributed by atoms with Crippen LogP contribution < -0.4 is 5.73 Å². The van der Waals surface area contributed by atoms with Crippen molar-refractivity contribution in [3.8, 4) is 0 Å². The summed E-state index contributed by atoms with van der Waals surface area (Å²) in [6, 6.07) is 0. The molecule has 0 amide bonds. The lowest BCUT2D eigenvalue weighted by atomic mass is 9.78. The van der Waals surface area contributed by atoms with Gasteiger partial charge >= 0.3 is 0 Å². The summed E-state index contributed by atoms with van der Waals surface area (Å²) in [5.41, 5.74) is 6.13. The van der Waals surface area contributed by atoms with Crippen molar-refractivity contribution < 1.29 is 0 Å². The fourth-order valence-corrected chi connectivity index (χ4v) is 2.68. The molecule has 0 unspecified atom stereocenters. The minimum Gasteiger partial charge on any atom is -0.330 e. The number of unbranched alkanes of at least 4 members (excludes halogenated alkanes) is 4. The lowest BCUT2D eigenvalue weighted by Crippen LogP contribution is -2.38. The minimum absolute atomic E-state index is 0.637. The second-order valence-corrected chi connectivity index (χ2v) is 6.06. The minimum atomic E-state index is 0.637. The highest BCUT2D eigenvalue weighted by molar-refractivity contribution is 4.81. The highest BCUT2D eigenvalue weighted by atomic mass is 15.1. The molecule has 0 aromatic carbocycles. The fraction of sp³-hybridized carbons (Fsp3) is 1.00. The smallest absolute Gasteiger partial charge is 0.00135 e. The lowest BCUT2D eigenvalue weighted by molar-refractivity contribution is 0.113. The number of nitrogens with zero attached hydrogens (tertiary/aromatic N) is 1. The van der Waals surface area contributed by atoms with E-state index in [9.17, 15) is 0 Å². The normalized spacial score (nSPS) is 20.6. The standard InChI is InChI=1S/C15H32N2/c1-3-15(2)9-13-17(14-10-15)12-8-6-4-5-7-11-16/h3-14,16H2,1-2H3. The van der Waals surface area contributed by atoms with Crippen LogP contribution in [0.1, 0.15) is 65.2 Å². The van der Waals surface area contributed by atoms with Crippen LogP contribution in [-0.2, 0) is 0 Å². The Kier molecular flexibility index (Phi) is 7.14. The third kappa shape index (κ3) is 5.87. The van der Waals surface area contributed by atoms with Crippen molar-refractivity contribution in [2.45, 2.75) is 65.2 Å². The third-order valence-electron chi connectivity index (χ3n) is 4.60. The molecule has 0 bridgehead atoms. The Morgan fingerprint density at radius 3 is 2.18 bits per heavy atom. The molecule has 2 heteroatoms. The van der Waals surface area contributed by atoms with E-state index in [2.05, 4.69) is 18.7 Å². The van der Waals surface area contributed by atoms with Gasteiger partial charge in [-0.1, -0.05) is 39.5 Å². The monoisotopic (exact) mass is 240 g/mol. The van der Waals surface area contributed by atoms with Crippen molar-refractivity contribution in [1.82, 2.24) is 4.90 Å². The van der Waals surface area contributed by atoms with Gasteiger partial charge in [-0.05, 0) is 57.3 Å². The van der Waals surface area contributed by atoms with Crippen molar-refractivity contribution in [2.24, 2.45) is 11.1 Å². The zero-order chi connectivity index (χ0) is 12.6. The Morgan fingerprint density at radius 2 is 1.59 bits per heavy atom. The molecular formula is C15H32N2. The number of hydrogen-bond acceptors (Lipinski definition) is 2. The lowest BCUT2D eigenvalue weighted by Gasteiger charge is -2.39. The van der Waals surface area contributed by atoms with Gasteiger partial charge in [0, 0.05) is 0 Å². The third-order valence-corrected chi connectivity index (χ3v) is 4.60. The van der Waals surface area contributed by atoms with E-state index in [-0.39, 0.29) is 0 Å². The van der Waals surface area contributed by atoms with Crippen molar-refractivity contribution in [2.75, 3.05) is 26.2 Å². The summed E-state index contributed by atoms with van der Waals surface area (Å²) in [5, 5.41) is 0. The average molecular weight is 240 g/mol. The van der Waals surface area contributed by atoms with Crippen LogP contribution in [0.15, 0.2) is 0 Å². The van der Waals surface area contributed by atoms with Crippen LogP contribution >= 0.6 is 0 Å². The molecule has 0 aromatic heterocycles. The number of rotatable bonds is 8. The van der Waals surface area contributed by atoms with Crippen LogP contribution in [0.5, 0.6) is 0 Å². The average Bonchev–Trinajstić information content (AvgIpc) is 2.36. The van der Waals surface area contributed by atoms with E-state index < -0.39 is 0 Å². The molecule has 102 valence electrons. The second-order valence-electron chi connectivity index (χ2n) is 6.06. The largest absolute Gasteiger partial charge is 0.330 e. The molecule has 0 saturated carbocycles. The van der Waals surface area contributed by atoms with Gasteiger partial charge in [-0.2, -0.15) is 0 Å². The molecular weight excluding hydrogens is 208 g/mol. The molecule has 1 fully saturated rings. The Balaban J connectivity index is 1.99. The number of likely N-dealkylation sites (tertiary alicyclic amines) is 1. The van der Waals surface area contributed by atoms with E-state index in [4.69, 9.17) is 5.73 Å². The van der Waals surface area contributed by atoms with Gasteiger partial charge in [0.2, 0.25) is 0 Å². The van der Waals surface area contributed by atoms with Crippen LogP contribution in [-0.4, -0.2) is 31.1 Å². The summed E-state index contributed by atoms with van der Waals surface area (Å²) < 4.78 is 0. The summed E-state index contributed by atoms with van der Waals surface area (Å²) >= 11 is 0. The van der Waals surface area contributed by atoms with Gasteiger partial charge in [0.25, 0.3) is 0 Å². The second kappa shape index (κ2) is 8.10. The summed E-state index contributed by atoms with van der Waals surface area (Å²) in [7, 11) is 0. The van der Waals surface area contributed by atoms with Crippen LogP contribution in [0.4, 0.5) is 0 Å². The summed E-state index contributed by atoms with van der Waals surface area (Å²) in [4.78, 5) is 2.67. The molecule has 2 N–H and O–H groups in total. The summed E-state index contributed by atoms with van der Waals surface area (Å²) in [6.45, 7) is 9.63. The van der Waals surface area contributed by atoms with E-state index in [1.165, 1.54) is 71.0 Å². The first-order valence-electron chi connectivity index (χ1n) is 7.62. The highest BCUT2D eigenvalue weighted by Crippen LogP contribution is 2.33. The molecule has 17 heavy (non-hydrogen) atoms. The molecule has 1 aliphatic rings. The summed E-state index contributed by atoms with van der Waals surface area (Å²) in [5.74, 6) is 0. The van der Waals surface area contributed by atoms with Crippen LogP contribution in [0.3, 0.4) is 0 Å². The molecule has 0 spiro atoms. The van der Waals surface area contributed by atoms with Gasteiger partial charge in [-0.3, -0.25) is 0 Å². The first-order valence-corrected chi connectivity index (χ1v) is 7.62. The number of piperidine rings is 1. The molecule has 1 aliphatic heterocycles.